The lowest BCUT2D eigenvalue weighted by atomic mass is 9.72. The summed E-state index contributed by atoms with van der Waals surface area (Å²) >= 11 is 0. The summed E-state index contributed by atoms with van der Waals surface area (Å²) < 4.78 is 0. The average molecular weight is 297 g/mol. The first kappa shape index (κ1) is 18.5. The minimum atomic E-state index is -0.668. The van der Waals surface area contributed by atoms with Crippen molar-refractivity contribution >= 4 is 5.97 Å². The van der Waals surface area contributed by atoms with Crippen molar-refractivity contribution in [1.29, 1.82) is 0 Å². The number of carboxylic acids is 1. The largest absolute Gasteiger partial charge is 0.481 e. The molecule has 3 unspecified atom stereocenters. The SMILES string of the molecule is CCCCCCC1CCCC(N)C1CCCCCC(=O)O. The maximum absolute atomic E-state index is 10.5. The molecule has 3 nitrogen and oxygen atoms in total. The number of hydrogen-bond donors (Lipinski definition) is 2. The Hall–Kier alpha value is -0.570. The molecule has 0 radical (unpaired) electrons. The van der Waals surface area contributed by atoms with E-state index < -0.39 is 5.97 Å². The Kier molecular flexibility index (Phi) is 9.73. The zero-order chi connectivity index (χ0) is 15.5. The summed E-state index contributed by atoms with van der Waals surface area (Å²) in [6.07, 6.45) is 15.1. The zero-order valence-corrected chi connectivity index (χ0v) is 13.9. The molecule has 21 heavy (non-hydrogen) atoms. The maximum atomic E-state index is 10.5. The standard InChI is InChI=1S/C18H35NO2/c1-2-3-4-6-10-15-11-9-13-17(19)16(15)12-7-5-8-14-18(20)21/h15-17H,2-14,19H2,1H3,(H,20,21). The molecule has 0 amide bonds. The number of nitrogens with two attached hydrogens (primary N) is 1. The Morgan fingerprint density at radius 3 is 2.48 bits per heavy atom. The van der Waals surface area contributed by atoms with E-state index in [0.29, 0.717) is 18.4 Å². The van der Waals surface area contributed by atoms with Crippen molar-refractivity contribution in [2.75, 3.05) is 0 Å². The highest BCUT2D eigenvalue weighted by molar-refractivity contribution is 5.66. The second kappa shape index (κ2) is 11.1. The Bertz CT molecular complexity index is 280. The second-order valence-corrected chi connectivity index (χ2v) is 6.86. The van der Waals surface area contributed by atoms with Crippen LogP contribution in [0.1, 0.15) is 90.4 Å². The Labute approximate surface area is 130 Å². The van der Waals surface area contributed by atoms with E-state index in [-0.39, 0.29) is 0 Å². The van der Waals surface area contributed by atoms with Crippen molar-refractivity contribution in [1.82, 2.24) is 0 Å². The number of hydrogen-bond acceptors (Lipinski definition) is 2. The summed E-state index contributed by atoms with van der Waals surface area (Å²) in [7, 11) is 0. The molecular formula is C18H35NO2. The summed E-state index contributed by atoms with van der Waals surface area (Å²) in [6, 6.07) is 0.384. The molecule has 0 heterocycles. The van der Waals surface area contributed by atoms with Crippen molar-refractivity contribution in [2.24, 2.45) is 17.6 Å². The number of aliphatic carboxylic acids is 1. The van der Waals surface area contributed by atoms with Gasteiger partial charge in [0.15, 0.2) is 0 Å². The third kappa shape index (κ3) is 7.85. The molecule has 0 bridgehead atoms. The van der Waals surface area contributed by atoms with Gasteiger partial charge in [-0.1, -0.05) is 64.7 Å². The summed E-state index contributed by atoms with van der Waals surface area (Å²) in [6.45, 7) is 2.26. The van der Waals surface area contributed by atoms with Crippen molar-refractivity contribution in [3.8, 4) is 0 Å². The van der Waals surface area contributed by atoms with Gasteiger partial charge in [0.05, 0.1) is 0 Å². The molecule has 1 fully saturated rings. The molecule has 1 aliphatic carbocycles. The predicted molar refractivity (Wildman–Crippen MR) is 88.3 cm³/mol. The maximum Gasteiger partial charge on any atom is 0.303 e. The molecule has 124 valence electrons. The monoisotopic (exact) mass is 297 g/mol. The summed E-state index contributed by atoms with van der Waals surface area (Å²) in [5, 5.41) is 8.67. The molecule has 1 rings (SSSR count). The van der Waals surface area contributed by atoms with E-state index in [1.807, 2.05) is 0 Å². The van der Waals surface area contributed by atoms with Gasteiger partial charge in [-0.05, 0) is 31.1 Å². The van der Waals surface area contributed by atoms with E-state index >= 15 is 0 Å². The van der Waals surface area contributed by atoms with Crippen LogP contribution in [0.25, 0.3) is 0 Å². The Balaban J connectivity index is 2.25. The van der Waals surface area contributed by atoms with E-state index in [2.05, 4.69) is 6.92 Å². The van der Waals surface area contributed by atoms with Gasteiger partial charge >= 0.3 is 5.97 Å². The molecule has 0 aliphatic heterocycles. The summed E-state index contributed by atoms with van der Waals surface area (Å²) in [5.74, 6) is 0.841. The van der Waals surface area contributed by atoms with Crippen LogP contribution >= 0.6 is 0 Å². The third-order valence-electron chi connectivity index (χ3n) is 5.12. The smallest absolute Gasteiger partial charge is 0.303 e. The fraction of sp³-hybridized carbons (Fsp3) is 0.944. The third-order valence-corrected chi connectivity index (χ3v) is 5.12. The van der Waals surface area contributed by atoms with Gasteiger partial charge in [-0.15, -0.1) is 0 Å². The minimum absolute atomic E-state index is 0.317. The van der Waals surface area contributed by atoms with Crippen LogP contribution in [0.4, 0.5) is 0 Å². The van der Waals surface area contributed by atoms with Gasteiger partial charge in [0.2, 0.25) is 0 Å². The van der Waals surface area contributed by atoms with Crippen LogP contribution in [0.5, 0.6) is 0 Å². The number of rotatable bonds is 11. The highest BCUT2D eigenvalue weighted by atomic mass is 16.4. The first-order chi connectivity index (χ1) is 10.1. The van der Waals surface area contributed by atoms with E-state index in [4.69, 9.17) is 10.8 Å². The van der Waals surface area contributed by atoms with Crippen LogP contribution in [0.3, 0.4) is 0 Å². The quantitative estimate of drug-likeness (QED) is 0.542. The van der Waals surface area contributed by atoms with E-state index in [9.17, 15) is 4.79 Å². The summed E-state index contributed by atoms with van der Waals surface area (Å²) in [5.41, 5.74) is 6.37. The molecule has 3 atom stereocenters. The molecule has 0 aromatic rings. The lowest BCUT2D eigenvalue weighted by Gasteiger charge is -2.36. The number of carboxylic acid groups (broad SMARTS) is 1. The molecule has 1 saturated carbocycles. The second-order valence-electron chi connectivity index (χ2n) is 6.86. The van der Waals surface area contributed by atoms with Gasteiger partial charge in [-0.3, -0.25) is 4.79 Å². The van der Waals surface area contributed by atoms with E-state index in [1.165, 1.54) is 57.8 Å². The summed E-state index contributed by atoms with van der Waals surface area (Å²) in [4.78, 5) is 10.5. The lowest BCUT2D eigenvalue weighted by molar-refractivity contribution is -0.137. The van der Waals surface area contributed by atoms with Crippen LogP contribution in [0.2, 0.25) is 0 Å². The van der Waals surface area contributed by atoms with Crippen LogP contribution in [0, 0.1) is 11.8 Å². The Morgan fingerprint density at radius 1 is 1.05 bits per heavy atom. The van der Waals surface area contributed by atoms with Crippen molar-refractivity contribution < 1.29 is 9.90 Å². The number of carbonyl (C=O) groups is 1. The molecular weight excluding hydrogens is 262 g/mol. The van der Waals surface area contributed by atoms with Crippen LogP contribution < -0.4 is 5.73 Å². The fourth-order valence-corrected chi connectivity index (χ4v) is 3.87. The molecule has 0 aromatic heterocycles. The van der Waals surface area contributed by atoms with Crippen molar-refractivity contribution in [3.05, 3.63) is 0 Å². The first-order valence-corrected chi connectivity index (χ1v) is 9.12. The van der Waals surface area contributed by atoms with Gasteiger partial charge < -0.3 is 10.8 Å². The normalized spacial score (nSPS) is 25.9. The van der Waals surface area contributed by atoms with Crippen LogP contribution in [-0.2, 0) is 4.79 Å². The molecule has 3 N–H and O–H groups in total. The first-order valence-electron chi connectivity index (χ1n) is 9.12. The molecule has 3 heteroatoms. The highest BCUT2D eigenvalue weighted by Crippen LogP contribution is 2.36. The highest BCUT2D eigenvalue weighted by Gasteiger charge is 2.29. The Morgan fingerprint density at radius 2 is 1.76 bits per heavy atom. The van der Waals surface area contributed by atoms with E-state index in [1.54, 1.807) is 0 Å². The van der Waals surface area contributed by atoms with Gasteiger partial charge in [-0.25, -0.2) is 0 Å². The van der Waals surface area contributed by atoms with E-state index in [0.717, 1.165) is 25.2 Å². The van der Waals surface area contributed by atoms with Gasteiger partial charge in [-0.2, -0.15) is 0 Å². The van der Waals surface area contributed by atoms with Gasteiger partial charge in [0.25, 0.3) is 0 Å². The van der Waals surface area contributed by atoms with Crippen molar-refractivity contribution in [2.45, 2.75) is 96.4 Å². The zero-order valence-electron chi connectivity index (χ0n) is 13.9. The minimum Gasteiger partial charge on any atom is -0.481 e. The fourth-order valence-electron chi connectivity index (χ4n) is 3.87. The van der Waals surface area contributed by atoms with Crippen LogP contribution in [-0.4, -0.2) is 17.1 Å². The molecule has 0 spiro atoms. The van der Waals surface area contributed by atoms with Crippen molar-refractivity contribution in [3.63, 3.8) is 0 Å². The molecule has 0 saturated heterocycles. The average Bonchev–Trinajstić information content (AvgIpc) is 2.45. The molecule has 1 aliphatic rings. The van der Waals surface area contributed by atoms with Gasteiger partial charge in [0, 0.05) is 12.5 Å². The van der Waals surface area contributed by atoms with Crippen LogP contribution in [0.15, 0.2) is 0 Å². The predicted octanol–water partition coefficient (Wildman–Crippen LogP) is 4.74. The van der Waals surface area contributed by atoms with Gasteiger partial charge in [0.1, 0.15) is 0 Å². The topological polar surface area (TPSA) is 63.3 Å². The molecule has 0 aromatic carbocycles. The number of unbranched alkanes of at least 4 members (excludes halogenated alkanes) is 5. The lowest BCUT2D eigenvalue weighted by Crippen LogP contribution is -2.38.